The molecule has 0 amide bonds. The molecular weight excluding hydrogens is 200 g/mol. The molecule has 0 saturated carbocycles. The Kier molecular flexibility index (Phi) is 3.83. The molecule has 88 valence electrons. The van der Waals surface area contributed by atoms with Crippen LogP contribution in [0.3, 0.4) is 0 Å². The predicted molar refractivity (Wildman–Crippen MR) is 65.0 cm³/mol. The molecule has 0 spiro atoms. The minimum Gasteiger partial charge on any atom is -0.493 e. The highest BCUT2D eigenvalue weighted by Crippen LogP contribution is 2.32. The smallest absolute Gasteiger partial charge is 0.128 e. The van der Waals surface area contributed by atoms with Gasteiger partial charge in [-0.05, 0) is 30.0 Å². The minimum absolute atomic E-state index is 0.655. The van der Waals surface area contributed by atoms with Crippen molar-refractivity contribution in [1.29, 1.82) is 0 Å². The van der Waals surface area contributed by atoms with Gasteiger partial charge >= 0.3 is 0 Å². The fourth-order valence-corrected chi connectivity index (χ4v) is 2.25. The van der Waals surface area contributed by atoms with Gasteiger partial charge in [0.2, 0.25) is 0 Å². The summed E-state index contributed by atoms with van der Waals surface area (Å²) in [6, 6.07) is 4.54. The van der Waals surface area contributed by atoms with Crippen molar-refractivity contribution in [1.82, 2.24) is 0 Å². The average Bonchev–Trinajstić information content (AvgIpc) is 2.75. The molecule has 1 aliphatic heterocycles. The molecule has 0 fully saturated rings. The van der Waals surface area contributed by atoms with Crippen molar-refractivity contribution in [2.24, 2.45) is 0 Å². The molecule has 1 heterocycles. The first kappa shape index (κ1) is 11.5. The number of hydrogen-bond donors (Lipinski definition) is 0. The zero-order chi connectivity index (χ0) is 11.4. The van der Waals surface area contributed by atoms with Crippen LogP contribution in [0.25, 0.3) is 0 Å². The molecule has 2 rings (SSSR count). The quantitative estimate of drug-likeness (QED) is 0.759. The summed E-state index contributed by atoms with van der Waals surface area (Å²) in [6.07, 6.45) is 4.71. The summed E-state index contributed by atoms with van der Waals surface area (Å²) >= 11 is 0. The van der Waals surface area contributed by atoms with Crippen LogP contribution in [0.2, 0.25) is 0 Å². The zero-order valence-corrected chi connectivity index (χ0v) is 10.2. The normalized spacial score (nSPS) is 13.6. The van der Waals surface area contributed by atoms with E-state index in [0.717, 1.165) is 18.8 Å². The Morgan fingerprint density at radius 1 is 1.38 bits per heavy atom. The van der Waals surface area contributed by atoms with E-state index in [1.165, 1.54) is 36.0 Å². The number of unbranched alkanes of at least 4 members (excludes halogenated alkanes) is 1. The highest BCUT2D eigenvalue weighted by molar-refractivity contribution is 5.46. The van der Waals surface area contributed by atoms with Crippen LogP contribution in [0.1, 0.15) is 36.5 Å². The van der Waals surface area contributed by atoms with Crippen LogP contribution < -0.4 is 4.74 Å². The van der Waals surface area contributed by atoms with Gasteiger partial charge in [-0.3, -0.25) is 0 Å². The van der Waals surface area contributed by atoms with E-state index in [0.29, 0.717) is 6.61 Å². The van der Waals surface area contributed by atoms with E-state index in [2.05, 4.69) is 19.1 Å². The molecule has 0 bridgehead atoms. The third-order valence-corrected chi connectivity index (χ3v) is 3.04. The summed E-state index contributed by atoms with van der Waals surface area (Å²) in [4.78, 5) is 0. The second-order valence-corrected chi connectivity index (χ2v) is 4.38. The highest BCUT2D eigenvalue weighted by Gasteiger charge is 2.17. The fraction of sp³-hybridized carbons (Fsp3) is 0.571. The van der Waals surface area contributed by atoms with Gasteiger partial charge in [-0.1, -0.05) is 19.4 Å². The predicted octanol–water partition coefficient (Wildman–Crippen LogP) is 3.11. The van der Waals surface area contributed by atoms with E-state index >= 15 is 0 Å². The van der Waals surface area contributed by atoms with Crippen molar-refractivity contribution in [3.63, 3.8) is 0 Å². The summed E-state index contributed by atoms with van der Waals surface area (Å²) in [6.45, 7) is 3.71. The van der Waals surface area contributed by atoms with Gasteiger partial charge in [0.15, 0.2) is 0 Å². The molecule has 2 nitrogen and oxygen atoms in total. The minimum atomic E-state index is 0.655. The molecule has 1 aliphatic rings. The van der Waals surface area contributed by atoms with Crippen molar-refractivity contribution >= 4 is 0 Å². The SMILES string of the molecule is CCCCc1cc2c(c(COC)c1)OCC2. The molecule has 2 heteroatoms. The van der Waals surface area contributed by atoms with Gasteiger partial charge < -0.3 is 9.47 Å². The first-order chi connectivity index (χ1) is 7.85. The molecule has 1 aromatic rings. The van der Waals surface area contributed by atoms with E-state index in [9.17, 15) is 0 Å². The molecule has 0 aromatic heterocycles. The van der Waals surface area contributed by atoms with Crippen molar-refractivity contribution in [3.05, 3.63) is 28.8 Å². The molecule has 0 atom stereocenters. The lowest BCUT2D eigenvalue weighted by Gasteiger charge is -2.10. The van der Waals surface area contributed by atoms with E-state index < -0.39 is 0 Å². The highest BCUT2D eigenvalue weighted by atomic mass is 16.5. The Morgan fingerprint density at radius 2 is 2.25 bits per heavy atom. The number of methoxy groups -OCH3 is 1. The molecular formula is C14H20O2. The van der Waals surface area contributed by atoms with Crippen LogP contribution in [0.4, 0.5) is 0 Å². The van der Waals surface area contributed by atoms with Crippen LogP contribution >= 0.6 is 0 Å². The largest absolute Gasteiger partial charge is 0.493 e. The van der Waals surface area contributed by atoms with E-state index in [4.69, 9.17) is 9.47 Å². The number of aryl methyl sites for hydroxylation is 1. The third-order valence-electron chi connectivity index (χ3n) is 3.04. The molecule has 16 heavy (non-hydrogen) atoms. The van der Waals surface area contributed by atoms with E-state index in [1.807, 2.05) is 0 Å². The van der Waals surface area contributed by atoms with Crippen LogP contribution in [0.15, 0.2) is 12.1 Å². The van der Waals surface area contributed by atoms with Crippen LogP contribution in [-0.4, -0.2) is 13.7 Å². The maximum Gasteiger partial charge on any atom is 0.128 e. The van der Waals surface area contributed by atoms with Crippen molar-refractivity contribution < 1.29 is 9.47 Å². The molecule has 0 unspecified atom stereocenters. The number of fused-ring (bicyclic) bond motifs is 1. The second kappa shape index (κ2) is 5.35. The summed E-state index contributed by atoms with van der Waals surface area (Å²) in [5.41, 5.74) is 4.00. The molecule has 0 aliphatic carbocycles. The lowest BCUT2D eigenvalue weighted by Crippen LogP contribution is -1.96. The number of benzene rings is 1. The molecule has 0 N–H and O–H groups in total. The molecule has 0 saturated heterocycles. The summed E-state index contributed by atoms with van der Waals surface area (Å²) in [5.74, 6) is 1.07. The van der Waals surface area contributed by atoms with Crippen molar-refractivity contribution in [3.8, 4) is 5.75 Å². The topological polar surface area (TPSA) is 18.5 Å². The van der Waals surface area contributed by atoms with Gasteiger partial charge in [0.1, 0.15) is 5.75 Å². The van der Waals surface area contributed by atoms with Crippen LogP contribution in [-0.2, 0) is 24.2 Å². The van der Waals surface area contributed by atoms with Gasteiger partial charge in [0, 0.05) is 19.1 Å². The van der Waals surface area contributed by atoms with Gasteiger partial charge in [0.25, 0.3) is 0 Å². The molecule has 0 radical (unpaired) electrons. The van der Waals surface area contributed by atoms with E-state index in [1.54, 1.807) is 7.11 Å². The summed E-state index contributed by atoms with van der Waals surface area (Å²) in [5, 5.41) is 0. The fourth-order valence-electron chi connectivity index (χ4n) is 2.25. The van der Waals surface area contributed by atoms with Crippen molar-refractivity contribution in [2.45, 2.75) is 39.2 Å². The maximum atomic E-state index is 5.66. The standard InChI is InChI=1S/C14H20O2/c1-3-4-5-11-8-12-6-7-16-14(12)13(9-11)10-15-2/h8-9H,3-7,10H2,1-2H3. The number of rotatable bonds is 5. The first-order valence-electron chi connectivity index (χ1n) is 6.11. The maximum absolute atomic E-state index is 5.66. The van der Waals surface area contributed by atoms with Gasteiger partial charge in [-0.25, -0.2) is 0 Å². The second-order valence-electron chi connectivity index (χ2n) is 4.38. The number of ether oxygens (including phenoxy) is 2. The van der Waals surface area contributed by atoms with Crippen LogP contribution in [0, 0.1) is 0 Å². The van der Waals surface area contributed by atoms with E-state index in [-0.39, 0.29) is 0 Å². The van der Waals surface area contributed by atoms with Gasteiger partial charge in [-0.15, -0.1) is 0 Å². The average molecular weight is 220 g/mol. The Labute approximate surface area is 97.6 Å². The van der Waals surface area contributed by atoms with Crippen molar-refractivity contribution in [2.75, 3.05) is 13.7 Å². The third kappa shape index (κ3) is 2.38. The number of hydrogen-bond acceptors (Lipinski definition) is 2. The van der Waals surface area contributed by atoms with Crippen LogP contribution in [0.5, 0.6) is 5.75 Å². The Morgan fingerprint density at radius 3 is 3.00 bits per heavy atom. The Balaban J connectivity index is 2.24. The summed E-state index contributed by atoms with van der Waals surface area (Å²) < 4.78 is 10.9. The Bertz CT molecular complexity index is 358. The lowest BCUT2D eigenvalue weighted by molar-refractivity contribution is 0.181. The monoisotopic (exact) mass is 220 g/mol. The first-order valence-corrected chi connectivity index (χ1v) is 6.11. The lowest BCUT2D eigenvalue weighted by atomic mass is 10.0. The zero-order valence-electron chi connectivity index (χ0n) is 10.2. The Hall–Kier alpha value is -1.02. The van der Waals surface area contributed by atoms with Gasteiger partial charge in [0.05, 0.1) is 13.2 Å². The molecule has 1 aromatic carbocycles. The van der Waals surface area contributed by atoms with Gasteiger partial charge in [-0.2, -0.15) is 0 Å². The summed E-state index contributed by atoms with van der Waals surface area (Å²) in [7, 11) is 1.74.